The standard InChI is InChI=1S/C24H24N4O2/c1-17-7-8-18(2)22(13-17)30-24-10-9-19(15-26-24)14-25-23(29)11-12-28-16-27-20-5-3-4-6-21(20)28/h3-10,13,15-16H,11-12,14H2,1-2H3,(H,25,29). The van der Waals surface area contributed by atoms with Gasteiger partial charge in [-0.3, -0.25) is 4.79 Å². The van der Waals surface area contributed by atoms with Crippen LogP contribution in [0.2, 0.25) is 0 Å². The number of ether oxygens (including phenoxy) is 1. The minimum absolute atomic E-state index is 0.0107. The fraction of sp³-hybridized carbons (Fsp3) is 0.208. The molecule has 0 aliphatic rings. The van der Waals surface area contributed by atoms with Gasteiger partial charge >= 0.3 is 0 Å². The van der Waals surface area contributed by atoms with Crippen LogP contribution >= 0.6 is 0 Å². The number of benzene rings is 2. The van der Waals surface area contributed by atoms with Gasteiger partial charge in [-0.2, -0.15) is 0 Å². The second kappa shape index (κ2) is 8.78. The van der Waals surface area contributed by atoms with Crippen LogP contribution in [-0.4, -0.2) is 20.4 Å². The van der Waals surface area contributed by atoms with E-state index in [1.807, 2.05) is 66.9 Å². The molecule has 0 atom stereocenters. The molecular weight excluding hydrogens is 376 g/mol. The summed E-state index contributed by atoms with van der Waals surface area (Å²) in [5, 5.41) is 2.94. The summed E-state index contributed by atoms with van der Waals surface area (Å²) in [6.45, 7) is 5.06. The molecule has 1 N–H and O–H groups in total. The van der Waals surface area contributed by atoms with Gasteiger partial charge in [0.1, 0.15) is 5.75 Å². The number of nitrogens with one attached hydrogen (secondary N) is 1. The monoisotopic (exact) mass is 400 g/mol. The molecule has 0 bridgehead atoms. The third kappa shape index (κ3) is 4.66. The van der Waals surface area contributed by atoms with Crippen molar-refractivity contribution >= 4 is 16.9 Å². The highest BCUT2D eigenvalue weighted by Gasteiger charge is 2.07. The van der Waals surface area contributed by atoms with E-state index in [1.165, 1.54) is 0 Å². The number of nitrogens with zero attached hydrogens (tertiary/aromatic N) is 3. The van der Waals surface area contributed by atoms with Gasteiger partial charge in [-0.05, 0) is 48.7 Å². The van der Waals surface area contributed by atoms with Gasteiger partial charge in [-0.1, -0.05) is 30.3 Å². The first kappa shape index (κ1) is 19.6. The van der Waals surface area contributed by atoms with E-state index in [1.54, 1.807) is 12.5 Å². The average molecular weight is 400 g/mol. The quantitative estimate of drug-likeness (QED) is 0.494. The number of carbonyl (C=O) groups excluding carboxylic acids is 1. The van der Waals surface area contributed by atoms with Crippen LogP contribution in [0, 0.1) is 13.8 Å². The summed E-state index contributed by atoms with van der Waals surface area (Å²) in [7, 11) is 0. The third-order valence-electron chi connectivity index (χ3n) is 4.95. The van der Waals surface area contributed by atoms with E-state index >= 15 is 0 Å². The SMILES string of the molecule is Cc1ccc(C)c(Oc2ccc(CNC(=O)CCn3cnc4ccccc43)cn2)c1. The van der Waals surface area contributed by atoms with E-state index in [4.69, 9.17) is 4.74 Å². The first-order valence-corrected chi connectivity index (χ1v) is 9.95. The number of hydrogen-bond acceptors (Lipinski definition) is 4. The molecule has 2 aromatic heterocycles. The predicted molar refractivity (Wildman–Crippen MR) is 116 cm³/mol. The van der Waals surface area contributed by atoms with E-state index in [0.717, 1.165) is 33.5 Å². The van der Waals surface area contributed by atoms with Crippen LogP contribution in [0.3, 0.4) is 0 Å². The minimum atomic E-state index is -0.0107. The number of carbonyl (C=O) groups is 1. The lowest BCUT2D eigenvalue weighted by Gasteiger charge is -2.10. The van der Waals surface area contributed by atoms with Crippen LogP contribution in [0.4, 0.5) is 0 Å². The number of pyridine rings is 1. The Morgan fingerprint density at radius 2 is 1.93 bits per heavy atom. The Kier molecular flexibility index (Phi) is 5.75. The molecule has 6 nitrogen and oxygen atoms in total. The second-order valence-corrected chi connectivity index (χ2v) is 7.33. The molecule has 0 radical (unpaired) electrons. The van der Waals surface area contributed by atoms with Crippen molar-refractivity contribution in [2.24, 2.45) is 0 Å². The van der Waals surface area contributed by atoms with Crippen LogP contribution < -0.4 is 10.1 Å². The Balaban J connectivity index is 1.28. The van der Waals surface area contributed by atoms with Crippen molar-refractivity contribution in [1.82, 2.24) is 19.9 Å². The predicted octanol–water partition coefficient (Wildman–Crippen LogP) is 4.55. The van der Waals surface area contributed by atoms with Gasteiger partial charge in [0.2, 0.25) is 11.8 Å². The number of rotatable bonds is 7. The second-order valence-electron chi connectivity index (χ2n) is 7.33. The number of hydrogen-bond donors (Lipinski definition) is 1. The van der Waals surface area contributed by atoms with Gasteiger partial charge in [0.25, 0.3) is 0 Å². The molecule has 0 unspecified atom stereocenters. The maximum Gasteiger partial charge on any atom is 0.222 e. The van der Waals surface area contributed by atoms with Crippen molar-refractivity contribution < 1.29 is 9.53 Å². The molecule has 0 spiro atoms. The normalized spacial score (nSPS) is 10.9. The molecule has 30 heavy (non-hydrogen) atoms. The molecule has 0 aliphatic heterocycles. The molecule has 0 saturated heterocycles. The Morgan fingerprint density at radius 1 is 1.07 bits per heavy atom. The van der Waals surface area contributed by atoms with Crippen LogP contribution in [-0.2, 0) is 17.9 Å². The zero-order chi connectivity index (χ0) is 20.9. The average Bonchev–Trinajstić information content (AvgIpc) is 3.17. The number of fused-ring (bicyclic) bond motifs is 1. The molecule has 2 heterocycles. The molecule has 0 fully saturated rings. The smallest absolute Gasteiger partial charge is 0.222 e. The lowest BCUT2D eigenvalue weighted by Crippen LogP contribution is -2.23. The van der Waals surface area contributed by atoms with Gasteiger partial charge in [-0.15, -0.1) is 0 Å². The molecule has 0 aliphatic carbocycles. The van der Waals surface area contributed by atoms with Gasteiger partial charge in [0, 0.05) is 31.8 Å². The Bertz CT molecular complexity index is 1170. The summed E-state index contributed by atoms with van der Waals surface area (Å²) in [4.78, 5) is 20.9. The minimum Gasteiger partial charge on any atom is -0.439 e. The van der Waals surface area contributed by atoms with Crippen molar-refractivity contribution in [1.29, 1.82) is 0 Å². The van der Waals surface area contributed by atoms with Crippen LogP contribution in [0.25, 0.3) is 11.0 Å². The molecule has 4 aromatic rings. The summed E-state index contributed by atoms with van der Waals surface area (Å²) in [5.41, 5.74) is 5.09. The molecule has 0 saturated carbocycles. The Morgan fingerprint density at radius 3 is 2.77 bits per heavy atom. The lowest BCUT2D eigenvalue weighted by molar-refractivity contribution is -0.121. The highest BCUT2D eigenvalue weighted by molar-refractivity contribution is 5.77. The molecule has 152 valence electrons. The molecule has 4 rings (SSSR count). The zero-order valence-electron chi connectivity index (χ0n) is 17.1. The number of aryl methyl sites for hydroxylation is 3. The van der Waals surface area contributed by atoms with Gasteiger partial charge in [-0.25, -0.2) is 9.97 Å². The van der Waals surface area contributed by atoms with Gasteiger partial charge in [0.05, 0.1) is 17.4 Å². The maximum atomic E-state index is 12.2. The first-order chi connectivity index (χ1) is 14.6. The number of aromatic nitrogens is 3. The zero-order valence-corrected chi connectivity index (χ0v) is 17.1. The van der Waals surface area contributed by atoms with Crippen LogP contribution in [0.1, 0.15) is 23.1 Å². The topological polar surface area (TPSA) is 69.0 Å². The largest absolute Gasteiger partial charge is 0.439 e. The van der Waals surface area contributed by atoms with E-state index < -0.39 is 0 Å². The summed E-state index contributed by atoms with van der Waals surface area (Å²) in [5.74, 6) is 1.32. The highest BCUT2D eigenvalue weighted by atomic mass is 16.5. The summed E-state index contributed by atoms with van der Waals surface area (Å²) >= 11 is 0. The number of amides is 1. The Hall–Kier alpha value is -3.67. The maximum absolute atomic E-state index is 12.2. The highest BCUT2D eigenvalue weighted by Crippen LogP contribution is 2.24. The van der Waals surface area contributed by atoms with Gasteiger partial charge < -0.3 is 14.6 Å². The third-order valence-corrected chi connectivity index (χ3v) is 4.95. The van der Waals surface area contributed by atoms with Crippen molar-refractivity contribution in [2.45, 2.75) is 33.4 Å². The summed E-state index contributed by atoms with van der Waals surface area (Å²) in [6, 6.07) is 17.7. The number of imidazole rings is 1. The van der Waals surface area contributed by atoms with Crippen molar-refractivity contribution in [2.75, 3.05) is 0 Å². The fourth-order valence-electron chi connectivity index (χ4n) is 3.21. The number of para-hydroxylation sites is 2. The first-order valence-electron chi connectivity index (χ1n) is 9.95. The molecule has 1 amide bonds. The van der Waals surface area contributed by atoms with Crippen molar-refractivity contribution in [3.63, 3.8) is 0 Å². The van der Waals surface area contributed by atoms with Crippen molar-refractivity contribution in [3.8, 4) is 11.6 Å². The van der Waals surface area contributed by atoms with Crippen LogP contribution in [0.5, 0.6) is 11.6 Å². The molecule has 2 aromatic carbocycles. The summed E-state index contributed by atoms with van der Waals surface area (Å²) in [6.07, 6.45) is 3.89. The van der Waals surface area contributed by atoms with E-state index in [9.17, 15) is 4.79 Å². The lowest BCUT2D eigenvalue weighted by atomic mass is 10.1. The Labute approximate surface area is 175 Å². The van der Waals surface area contributed by atoms with Crippen LogP contribution in [0.15, 0.2) is 67.1 Å². The van der Waals surface area contributed by atoms with Gasteiger partial charge in [0.15, 0.2) is 0 Å². The molecule has 6 heteroatoms. The summed E-state index contributed by atoms with van der Waals surface area (Å²) < 4.78 is 7.87. The van der Waals surface area contributed by atoms with E-state index in [2.05, 4.69) is 21.4 Å². The van der Waals surface area contributed by atoms with E-state index in [0.29, 0.717) is 25.4 Å². The molecular formula is C24H24N4O2. The fourth-order valence-corrected chi connectivity index (χ4v) is 3.21. The van der Waals surface area contributed by atoms with E-state index in [-0.39, 0.29) is 5.91 Å². The van der Waals surface area contributed by atoms with Crippen molar-refractivity contribution in [3.05, 3.63) is 83.8 Å².